The number of fused-ring (bicyclic) bond motifs is 1. The molecule has 2 fully saturated rings. The Hall–Kier alpha value is -2.26. The first kappa shape index (κ1) is 17.2. The molecule has 2 aromatic heterocycles. The number of amides is 1. The molecule has 0 unspecified atom stereocenters. The predicted molar refractivity (Wildman–Crippen MR) is 93.1 cm³/mol. The molecule has 0 saturated carbocycles. The smallest absolute Gasteiger partial charge is 0.248 e. The lowest BCUT2D eigenvalue weighted by atomic mass is 9.96. The highest BCUT2D eigenvalue weighted by atomic mass is 16.5. The number of carbonyl (C=O) groups is 1. The fourth-order valence-corrected chi connectivity index (χ4v) is 3.62. The molecule has 0 N–H and O–H groups in total. The molecule has 2 saturated heterocycles. The number of aromatic nitrogens is 4. The van der Waals surface area contributed by atoms with Crippen LogP contribution in [-0.2, 0) is 9.53 Å². The molecular formula is C17H24N6O3. The Morgan fingerprint density at radius 1 is 1.19 bits per heavy atom. The number of hydrogen-bond donors (Lipinski definition) is 0. The van der Waals surface area contributed by atoms with Gasteiger partial charge in [0.25, 0.3) is 0 Å². The number of likely N-dealkylation sites (tertiary alicyclic amines) is 1. The summed E-state index contributed by atoms with van der Waals surface area (Å²) in [5.41, 5.74) is 0.744. The lowest BCUT2D eigenvalue weighted by molar-refractivity contribution is -0.142. The number of rotatable bonds is 5. The Labute approximate surface area is 151 Å². The van der Waals surface area contributed by atoms with Crippen LogP contribution in [0.1, 0.15) is 24.6 Å². The molecule has 0 aromatic carbocycles. The van der Waals surface area contributed by atoms with Crippen LogP contribution in [0.4, 0.5) is 0 Å². The minimum Gasteiger partial charge on any atom is -0.480 e. The Morgan fingerprint density at radius 3 is 2.81 bits per heavy atom. The van der Waals surface area contributed by atoms with Crippen LogP contribution in [0.15, 0.2) is 12.1 Å². The molecule has 140 valence electrons. The van der Waals surface area contributed by atoms with Crippen molar-refractivity contribution in [2.75, 3.05) is 53.0 Å². The quantitative estimate of drug-likeness (QED) is 0.751. The highest BCUT2D eigenvalue weighted by Crippen LogP contribution is 2.27. The molecule has 4 heterocycles. The monoisotopic (exact) mass is 360 g/mol. The summed E-state index contributed by atoms with van der Waals surface area (Å²) in [7, 11) is 1.61. The van der Waals surface area contributed by atoms with E-state index in [2.05, 4.69) is 20.2 Å². The minimum atomic E-state index is 0.0982. The van der Waals surface area contributed by atoms with E-state index in [0.717, 1.165) is 50.5 Å². The second kappa shape index (κ2) is 7.55. The largest absolute Gasteiger partial charge is 0.480 e. The molecule has 0 bridgehead atoms. The molecule has 4 rings (SSSR count). The van der Waals surface area contributed by atoms with Gasteiger partial charge in [-0.25, -0.2) is 0 Å². The summed E-state index contributed by atoms with van der Waals surface area (Å²) in [4.78, 5) is 16.1. The molecule has 26 heavy (non-hydrogen) atoms. The van der Waals surface area contributed by atoms with Crippen LogP contribution in [0.25, 0.3) is 5.65 Å². The van der Waals surface area contributed by atoms with Gasteiger partial charge in [0.1, 0.15) is 6.61 Å². The number of methoxy groups -OCH3 is 1. The molecule has 0 spiro atoms. The van der Waals surface area contributed by atoms with E-state index in [1.807, 2.05) is 11.0 Å². The average Bonchev–Trinajstić information content (AvgIpc) is 3.11. The number of nitrogens with zero attached hydrogens (tertiary/aromatic N) is 6. The lowest BCUT2D eigenvalue weighted by Gasteiger charge is -2.34. The molecule has 9 heteroatoms. The van der Waals surface area contributed by atoms with Crippen molar-refractivity contribution in [3.8, 4) is 5.88 Å². The Kier molecular flexibility index (Phi) is 4.98. The van der Waals surface area contributed by atoms with Crippen molar-refractivity contribution in [3.05, 3.63) is 18.0 Å². The summed E-state index contributed by atoms with van der Waals surface area (Å²) < 4.78 is 12.2. The lowest BCUT2D eigenvalue weighted by Crippen LogP contribution is -2.46. The van der Waals surface area contributed by atoms with Crippen molar-refractivity contribution in [2.24, 2.45) is 0 Å². The van der Waals surface area contributed by atoms with Crippen LogP contribution in [0.5, 0.6) is 5.88 Å². The molecule has 2 aromatic rings. The van der Waals surface area contributed by atoms with Gasteiger partial charge in [0.15, 0.2) is 11.5 Å². The van der Waals surface area contributed by atoms with Crippen LogP contribution < -0.4 is 4.74 Å². The summed E-state index contributed by atoms with van der Waals surface area (Å²) in [6.07, 6.45) is 2.02. The summed E-state index contributed by atoms with van der Waals surface area (Å²) in [5.74, 6) is 1.90. The predicted octanol–water partition coefficient (Wildman–Crippen LogP) is 0.171. The van der Waals surface area contributed by atoms with E-state index in [4.69, 9.17) is 9.47 Å². The Morgan fingerprint density at radius 2 is 2.04 bits per heavy atom. The van der Waals surface area contributed by atoms with Crippen molar-refractivity contribution in [1.29, 1.82) is 0 Å². The number of piperidine rings is 1. The SMILES string of the molecule is COc1ccc2nnc(C3CCN(CCN4CCOCC4=O)CC3)n2n1. The van der Waals surface area contributed by atoms with Crippen LogP contribution in [0.2, 0.25) is 0 Å². The normalized spacial score (nSPS) is 20.0. The number of hydrogen-bond acceptors (Lipinski definition) is 7. The standard InChI is InChI=1S/C17H24N6O3/c1-25-15-3-2-14-18-19-17(23(14)20-15)13-4-6-21(7-5-13)8-9-22-10-11-26-12-16(22)24/h2-3,13H,4-12H2,1H3. The van der Waals surface area contributed by atoms with Gasteiger partial charge in [-0.3, -0.25) is 4.79 Å². The second-order valence-electron chi connectivity index (χ2n) is 6.75. The van der Waals surface area contributed by atoms with Gasteiger partial charge in [-0.2, -0.15) is 4.52 Å². The third-order valence-corrected chi connectivity index (χ3v) is 5.19. The van der Waals surface area contributed by atoms with Crippen LogP contribution in [0.3, 0.4) is 0 Å². The van der Waals surface area contributed by atoms with Crippen LogP contribution in [-0.4, -0.2) is 88.6 Å². The topological polar surface area (TPSA) is 85.1 Å². The van der Waals surface area contributed by atoms with E-state index in [9.17, 15) is 4.79 Å². The van der Waals surface area contributed by atoms with Gasteiger partial charge < -0.3 is 19.3 Å². The van der Waals surface area contributed by atoms with E-state index < -0.39 is 0 Å². The number of morpholine rings is 1. The zero-order chi connectivity index (χ0) is 17.9. The maximum absolute atomic E-state index is 11.8. The van der Waals surface area contributed by atoms with Crippen molar-refractivity contribution in [2.45, 2.75) is 18.8 Å². The van der Waals surface area contributed by atoms with Gasteiger partial charge in [-0.1, -0.05) is 0 Å². The van der Waals surface area contributed by atoms with E-state index in [0.29, 0.717) is 24.9 Å². The van der Waals surface area contributed by atoms with Gasteiger partial charge in [0.05, 0.1) is 13.7 Å². The summed E-state index contributed by atoms with van der Waals surface area (Å²) in [6.45, 7) is 5.23. The summed E-state index contributed by atoms with van der Waals surface area (Å²) in [6, 6.07) is 3.67. The fraction of sp³-hybridized carbons (Fsp3) is 0.647. The zero-order valence-corrected chi connectivity index (χ0v) is 15.0. The van der Waals surface area contributed by atoms with Gasteiger partial charge >= 0.3 is 0 Å². The molecule has 1 amide bonds. The third-order valence-electron chi connectivity index (χ3n) is 5.19. The summed E-state index contributed by atoms with van der Waals surface area (Å²) >= 11 is 0. The maximum atomic E-state index is 11.8. The average molecular weight is 360 g/mol. The number of carbonyl (C=O) groups excluding carboxylic acids is 1. The van der Waals surface area contributed by atoms with E-state index >= 15 is 0 Å². The third kappa shape index (κ3) is 3.49. The van der Waals surface area contributed by atoms with E-state index in [1.165, 1.54) is 0 Å². The molecular weight excluding hydrogens is 336 g/mol. The van der Waals surface area contributed by atoms with Crippen molar-refractivity contribution >= 4 is 11.6 Å². The van der Waals surface area contributed by atoms with Crippen molar-refractivity contribution in [3.63, 3.8) is 0 Å². The molecule has 2 aliphatic heterocycles. The molecule has 9 nitrogen and oxygen atoms in total. The molecule has 0 aliphatic carbocycles. The summed E-state index contributed by atoms with van der Waals surface area (Å²) in [5, 5.41) is 13.0. The highest BCUT2D eigenvalue weighted by Gasteiger charge is 2.26. The van der Waals surface area contributed by atoms with Gasteiger partial charge in [-0.05, 0) is 32.0 Å². The van der Waals surface area contributed by atoms with E-state index in [1.54, 1.807) is 17.7 Å². The van der Waals surface area contributed by atoms with Crippen molar-refractivity contribution < 1.29 is 14.3 Å². The minimum absolute atomic E-state index is 0.0982. The zero-order valence-electron chi connectivity index (χ0n) is 15.0. The molecule has 0 atom stereocenters. The van der Waals surface area contributed by atoms with Crippen LogP contribution in [0, 0.1) is 0 Å². The molecule has 2 aliphatic rings. The highest BCUT2D eigenvalue weighted by molar-refractivity contribution is 5.77. The first-order chi connectivity index (χ1) is 12.7. The van der Waals surface area contributed by atoms with Gasteiger partial charge in [-0.15, -0.1) is 15.3 Å². The first-order valence-electron chi connectivity index (χ1n) is 9.09. The van der Waals surface area contributed by atoms with Gasteiger partial charge in [0.2, 0.25) is 11.8 Å². The number of ether oxygens (including phenoxy) is 2. The van der Waals surface area contributed by atoms with Crippen molar-refractivity contribution in [1.82, 2.24) is 29.6 Å². The maximum Gasteiger partial charge on any atom is 0.248 e. The van der Waals surface area contributed by atoms with Gasteiger partial charge in [0, 0.05) is 31.6 Å². The first-order valence-corrected chi connectivity index (χ1v) is 9.09. The Balaban J connectivity index is 1.34. The second-order valence-corrected chi connectivity index (χ2v) is 6.75. The fourth-order valence-electron chi connectivity index (χ4n) is 3.62. The molecule has 0 radical (unpaired) electrons. The Bertz CT molecular complexity index is 771. The van der Waals surface area contributed by atoms with E-state index in [-0.39, 0.29) is 12.5 Å². The van der Waals surface area contributed by atoms with Crippen LogP contribution >= 0.6 is 0 Å².